The first-order chi connectivity index (χ1) is 4.70. The Balaban J connectivity index is 0.000001000. The Bertz CT molecular complexity index is 167. The monoisotopic (exact) mass is 180 g/mol. The topological polar surface area (TPSA) is 60.4 Å². The molecule has 0 aromatic heterocycles. The van der Waals surface area contributed by atoms with Crippen molar-refractivity contribution in [1.82, 2.24) is 0 Å². The molecule has 0 fully saturated rings. The van der Waals surface area contributed by atoms with Gasteiger partial charge in [-0.1, -0.05) is 12.2 Å². The van der Waals surface area contributed by atoms with Gasteiger partial charge in [0, 0.05) is 5.97 Å². The standard InChI is InChI=1S/C7H10O3.K/c8-6-3-1-2-5(6)4-7(9)10;/h1,3,5-6,8H,2,4H2,(H,9,10);/q;+1/p-1/t5-,6-;/m0./s1. The Morgan fingerprint density at radius 2 is 2.36 bits per heavy atom. The van der Waals surface area contributed by atoms with E-state index < -0.39 is 12.1 Å². The van der Waals surface area contributed by atoms with Crippen molar-refractivity contribution in [3.05, 3.63) is 12.2 Å². The maximum Gasteiger partial charge on any atom is 1.00 e. The van der Waals surface area contributed by atoms with Crippen molar-refractivity contribution in [2.45, 2.75) is 18.9 Å². The van der Waals surface area contributed by atoms with E-state index in [0.717, 1.165) is 0 Å². The Hall–Kier alpha value is 0.806. The van der Waals surface area contributed by atoms with Gasteiger partial charge >= 0.3 is 51.4 Å². The molecule has 3 nitrogen and oxygen atoms in total. The van der Waals surface area contributed by atoms with Crippen LogP contribution in [0.5, 0.6) is 0 Å². The summed E-state index contributed by atoms with van der Waals surface area (Å²) in [5.41, 5.74) is 0. The van der Waals surface area contributed by atoms with Gasteiger partial charge in [0.15, 0.2) is 0 Å². The SMILES string of the molecule is O=C([O-])C[C@@H]1CC=C[C@@H]1O.[K+]. The molecule has 0 aromatic carbocycles. The van der Waals surface area contributed by atoms with Gasteiger partial charge in [-0.15, -0.1) is 0 Å². The van der Waals surface area contributed by atoms with Crippen LogP contribution in [-0.4, -0.2) is 17.2 Å². The Morgan fingerprint density at radius 3 is 2.73 bits per heavy atom. The number of carbonyl (C=O) groups is 1. The maximum atomic E-state index is 10.1. The zero-order chi connectivity index (χ0) is 7.56. The van der Waals surface area contributed by atoms with Crippen LogP contribution in [0.2, 0.25) is 0 Å². The van der Waals surface area contributed by atoms with Crippen molar-refractivity contribution >= 4 is 5.97 Å². The molecule has 0 bridgehead atoms. The van der Waals surface area contributed by atoms with Gasteiger partial charge in [-0.25, -0.2) is 0 Å². The van der Waals surface area contributed by atoms with E-state index >= 15 is 0 Å². The van der Waals surface area contributed by atoms with E-state index in [1.807, 2.05) is 0 Å². The molecule has 56 valence electrons. The van der Waals surface area contributed by atoms with Crippen LogP contribution in [0, 0.1) is 5.92 Å². The van der Waals surface area contributed by atoms with Gasteiger partial charge < -0.3 is 15.0 Å². The fourth-order valence-electron chi connectivity index (χ4n) is 1.11. The average molecular weight is 180 g/mol. The summed E-state index contributed by atoms with van der Waals surface area (Å²) in [6.45, 7) is 0. The molecule has 11 heavy (non-hydrogen) atoms. The fourth-order valence-corrected chi connectivity index (χ4v) is 1.11. The molecule has 0 aromatic rings. The second-order valence-corrected chi connectivity index (χ2v) is 2.49. The predicted octanol–water partition coefficient (Wildman–Crippen LogP) is -3.93. The summed E-state index contributed by atoms with van der Waals surface area (Å²) in [5.74, 6) is -1.25. The minimum atomic E-state index is -1.09. The second-order valence-electron chi connectivity index (χ2n) is 2.49. The zero-order valence-corrected chi connectivity index (χ0v) is 9.61. The molecular weight excluding hydrogens is 171 g/mol. The van der Waals surface area contributed by atoms with Crippen molar-refractivity contribution in [3.8, 4) is 0 Å². The van der Waals surface area contributed by atoms with Crippen LogP contribution < -0.4 is 56.5 Å². The molecule has 1 aliphatic rings. The van der Waals surface area contributed by atoms with Crippen molar-refractivity contribution in [2.24, 2.45) is 5.92 Å². The Kier molecular flexibility index (Phi) is 5.85. The van der Waals surface area contributed by atoms with E-state index in [4.69, 9.17) is 5.11 Å². The molecule has 4 heteroatoms. The molecule has 0 saturated carbocycles. The third-order valence-electron chi connectivity index (χ3n) is 1.68. The largest absolute Gasteiger partial charge is 1.00 e. The van der Waals surface area contributed by atoms with Gasteiger partial charge in [0.1, 0.15) is 0 Å². The molecule has 0 heterocycles. The van der Waals surface area contributed by atoms with Crippen molar-refractivity contribution in [1.29, 1.82) is 0 Å². The van der Waals surface area contributed by atoms with Crippen LogP contribution in [0.4, 0.5) is 0 Å². The molecule has 0 spiro atoms. The van der Waals surface area contributed by atoms with Gasteiger partial charge in [0.2, 0.25) is 0 Å². The molecule has 0 unspecified atom stereocenters. The minimum absolute atomic E-state index is 0. The van der Waals surface area contributed by atoms with Crippen molar-refractivity contribution < 1.29 is 66.4 Å². The van der Waals surface area contributed by atoms with Gasteiger partial charge in [-0.3, -0.25) is 0 Å². The Morgan fingerprint density at radius 1 is 1.73 bits per heavy atom. The third kappa shape index (κ3) is 3.82. The number of hydrogen-bond acceptors (Lipinski definition) is 3. The number of rotatable bonds is 2. The second kappa shape index (κ2) is 5.45. The number of allylic oxidation sites excluding steroid dienone is 1. The number of aliphatic carboxylic acids is 1. The summed E-state index contributed by atoms with van der Waals surface area (Å²) in [6, 6.07) is 0. The van der Waals surface area contributed by atoms with E-state index in [1.54, 1.807) is 12.2 Å². The number of carbonyl (C=O) groups excluding carboxylic acids is 1. The number of hydrogen-bond donors (Lipinski definition) is 1. The van der Waals surface area contributed by atoms with Gasteiger partial charge in [0.05, 0.1) is 6.10 Å². The summed E-state index contributed by atoms with van der Waals surface area (Å²) >= 11 is 0. The molecule has 0 saturated heterocycles. The molecule has 0 amide bonds. The van der Waals surface area contributed by atoms with Crippen LogP contribution in [0.15, 0.2) is 12.2 Å². The quantitative estimate of drug-likeness (QED) is 0.349. The zero-order valence-electron chi connectivity index (χ0n) is 6.49. The Labute approximate surface area is 108 Å². The van der Waals surface area contributed by atoms with Crippen LogP contribution in [-0.2, 0) is 4.79 Å². The summed E-state index contributed by atoms with van der Waals surface area (Å²) in [4.78, 5) is 10.1. The third-order valence-corrected chi connectivity index (χ3v) is 1.68. The van der Waals surface area contributed by atoms with Crippen molar-refractivity contribution in [2.75, 3.05) is 0 Å². The van der Waals surface area contributed by atoms with Crippen LogP contribution in [0.3, 0.4) is 0 Å². The van der Waals surface area contributed by atoms with Crippen LogP contribution in [0.1, 0.15) is 12.8 Å². The average Bonchev–Trinajstić information content (AvgIpc) is 2.15. The van der Waals surface area contributed by atoms with E-state index in [1.165, 1.54) is 0 Å². The molecule has 2 atom stereocenters. The maximum absolute atomic E-state index is 10.1. The molecule has 1 N–H and O–H groups in total. The van der Waals surface area contributed by atoms with Gasteiger partial charge in [-0.05, 0) is 18.8 Å². The molecular formula is C7H9KO3. The summed E-state index contributed by atoms with van der Waals surface area (Å²) in [5, 5.41) is 19.1. The predicted molar refractivity (Wildman–Crippen MR) is 32.9 cm³/mol. The molecule has 0 radical (unpaired) electrons. The first-order valence-corrected chi connectivity index (χ1v) is 3.24. The number of aliphatic hydroxyl groups excluding tert-OH is 1. The first-order valence-electron chi connectivity index (χ1n) is 3.24. The van der Waals surface area contributed by atoms with E-state index in [9.17, 15) is 9.90 Å². The van der Waals surface area contributed by atoms with Gasteiger partial charge in [0.25, 0.3) is 0 Å². The smallest absolute Gasteiger partial charge is 0.550 e. The van der Waals surface area contributed by atoms with Crippen molar-refractivity contribution in [3.63, 3.8) is 0 Å². The number of carboxylic acids is 1. The van der Waals surface area contributed by atoms with Crippen LogP contribution >= 0.6 is 0 Å². The van der Waals surface area contributed by atoms with E-state index in [0.29, 0.717) is 6.42 Å². The molecule has 0 aliphatic heterocycles. The minimum Gasteiger partial charge on any atom is -0.550 e. The molecule has 1 rings (SSSR count). The summed E-state index contributed by atoms with van der Waals surface area (Å²) in [7, 11) is 0. The molecule has 1 aliphatic carbocycles. The summed E-state index contributed by atoms with van der Waals surface area (Å²) < 4.78 is 0. The summed E-state index contributed by atoms with van der Waals surface area (Å²) in [6.07, 6.45) is 3.42. The first kappa shape index (κ1) is 11.8. The van der Waals surface area contributed by atoms with E-state index in [-0.39, 0.29) is 63.7 Å². The fraction of sp³-hybridized carbons (Fsp3) is 0.571. The van der Waals surface area contributed by atoms with Gasteiger partial charge in [-0.2, -0.15) is 0 Å². The normalized spacial score (nSPS) is 28.1. The number of carboxylic acid groups (broad SMARTS) is 1. The number of aliphatic hydroxyl groups is 1. The van der Waals surface area contributed by atoms with E-state index in [2.05, 4.69) is 0 Å². The van der Waals surface area contributed by atoms with Crippen LogP contribution in [0.25, 0.3) is 0 Å².